The van der Waals surface area contributed by atoms with Gasteiger partial charge >= 0.3 is 0 Å². The van der Waals surface area contributed by atoms with Crippen molar-refractivity contribution >= 4 is 27.7 Å². The van der Waals surface area contributed by atoms with Gasteiger partial charge < -0.3 is 14.4 Å². The van der Waals surface area contributed by atoms with Crippen molar-refractivity contribution in [3.8, 4) is 11.5 Å². The van der Waals surface area contributed by atoms with Crippen LogP contribution in [0.15, 0.2) is 89.1 Å². The zero-order valence-corrected chi connectivity index (χ0v) is 20.4. The van der Waals surface area contributed by atoms with Crippen molar-refractivity contribution in [2.45, 2.75) is 27.3 Å². The van der Waals surface area contributed by atoms with Crippen LogP contribution in [0, 0.1) is 5.82 Å². The van der Waals surface area contributed by atoms with Crippen LogP contribution in [0.4, 0.5) is 4.39 Å². The molecule has 0 radical (unpaired) electrons. The number of aliphatic imine (C=N–C) groups is 1. The van der Waals surface area contributed by atoms with Crippen molar-refractivity contribution in [2.24, 2.45) is 4.99 Å². The number of allylic oxidation sites excluding steroid dienone is 3. The van der Waals surface area contributed by atoms with Crippen LogP contribution in [-0.2, 0) is 11.3 Å². The van der Waals surface area contributed by atoms with Gasteiger partial charge in [0.2, 0.25) is 5.91 Å². The lowest BCUT2D eigenvalue weighted by Gasteiger charge is -2.22. The van der Waals surface area contributed by atoms with Crippen LogP contribution >= 0.6 is 15.9 Å². The van der Waals surface area contributed by atoms with Crippen LogP contribution in [0.25, 0.3) is 0 Å². The number of methoxy groups -OCH3 is 1. The van der Waals surface area contributed by atoms with E-state index < -0.39 is 0 Å². The lowest BCUT2D eigenvalue weighted by Crippen LogP contribution is -2.26. The number of halogens is 2. The smallest absolute Gasteiger partial charge is 0.223 e. The Morgan fingerprint density at radius 1 is 1.16 bits per heavy atom. The fourth-order valence-corrected chi connectivity index (χ4v) is 2.87. The molecule has 32 heavy (non-hydrogen) atoms. The number of ether oxygens (including phenoxy) is 2. The van der Waals surface area contributed by atoms with Gasteiger partial charge in [0, 0.05) is 25.1 Å². The maximum absolute atomic E-state index is 12.5. The van der Waals surface area contributed by atoms with E-state index in [1.54, 1.807) is 31.9 Å². The zero-order chi connectivity index (χ0) is 24.1. The number of hydrogen-bond acceptors (Lipinski definition) is 4. The highest BCUT2D eigenvalue weighted by atomic mass is 79.9. The highest BCUT2D eigenvalue weighted by Gasteiger charge is 2.13. The summed E-state index contributed by atoms with van der Waals surface area (Å²) in [5, 5.41) is 0. The summed E-state index contributed by atoms with van der Waals surface area (Å²) in [6.45, 7) is 12.8. The average Bonchev–Trinajstić information content (AvgIpc) is 2.73. The van der Waals surface area contributed by atoms with Crippen LogP contribution in [0.3, 0.4) is 0 Å². The number of carbonyl (C=O) groups is 1. The molecule has 170 valence electrons. The molecule has 0 aromatic heterocycles. The molecule has 0 spiro atoms. The number of rotatable bonds is 7. The molecular weight excluding hydrogens is 475 g/mol. The minimum Gasteiger partial charge on any atom is -0.496 e. The Bertz CT molecular complexity index is 985. The first-order valence-electron chi connectivity index (χ1n) is 9.70. The first-order valence-corrected chi connectivity index (χ1v) is 10.5. The van der Waals surface area contributed by atoms with Gasteiger partial charge in [0.1, 0.15) is 21.9 Å². The second kappa shape index (κ2) is 14.0. The quantitative estimate of drug-likeness (QED) is 0.185. The van der Waals surface area contributed by atoms with E-state index in [1.807, 2.05) is 37.3 Å². The summed E-state index contributed by atoms with van der Waals surface area (Å²) in [4.78, 5) is 17.3. The molecule has 7 heteroatoms. The maximum Gasteiger partial charge on any atom is 0.223 e. The fourth-order valence-electron chi connectivity index (χ4n) is 2.62. The van der Waals surface area contributed by atoms with E-state index in [9.17, 15) is 9.18 Å². The van der Waals surface area contributed by atoms with Crippen molar-refractivity contribution in [1.82, 2.24) is 4.90 Å². The summed E-state index contributed by atoms with van der Waals surface area (Å²) >= 11 is 3.08. The van der Waals surface area contributed by atoms with E-state index in [1.165, 1.54) is 24.3 Å². The molecule has 0 unspecified atom stereocenters. The van der Waals surface area contributed by atoms with Gasteiger partial charge in [-0.2, -0.15) is 0 Å². The molecule has 0 atom stereocenters. The molecule has 0 aliphatic rings. The van der Waals surface area contributed by atoms with Gasteiger partial charge in [0.25, 0.3) is 0 Å². The lowest BCUT2D eigenvalue weighted by atomic mass is 10.1. The summed E-state index contributed by atoms with van der Waals surface area (Å²) < 4.78 is 23.6. The molecular formula is C25H28BrFN2O3. The van der Waals surface area contributed by atoms with Crippen LogP contribution < -0.4 is 9.47 Å². The largest absolute Gasteiger partial charge is 0.496 e. The number of hydrogen-bond donors (Lipinski definition) is 0. The molecule has 2 aromatic rings. The van der Waals surface area contributed by atoms with Crippen LogP contribution in [-0.4, -0.2) is 23.8 Å². The van der Waals surface area contributed by atoms with E-state index in [0.717, 1.165) is 17.0 Å². The predicted octanol–water partition coefficient (Wildman–Crippen LogP) is 6.62. The minimum atomic E-state index is -0.295. The van der Waals surface area contributed by atoms with E-state index in [-0.39, 0.29) is 11.7 Å². The Kier molecular flexibility index (Phi) is 11.7. The average molecular weight is 503 g/mol. The Labute approximate surface area is 197 Å². The van der Waals surface area contributed by atoms with Crippen molar-refractivity contribution in [1.29, 1.82) is 0 Å². The number of para-hydroxylation sites is 1. The highest BCUT2D eigenvalue weighted by Crippen LogP contribution is 2.21. The third kappa shape index (κ3) is 9.75. The molecule has 0 N–H and O–H groups in total. The molecule has 0 saturated carbocycles. The predicted molar refractivity (Wildman–Crippen MR) is 131 cm³/mol. The summed E-state index contributed by atoms with van der Waals surface area (Å²) in [6, 6.07) is 13.4. The van der Waals surface area contributed by atoms with E-state index >= 15 is 0 Å². The molecule has 0 heterocycles. The van der Waals surface area contributed by atoms with Gasteiger partial charge in [0.15, 0.2) is 5.90 Å². The van der Waals surface area contributed by atoms with Crippen molar-refractivity contribution in [3.05, 3.63) is 95.5 Å². The molecule has 2 aromatic carbocycles. The normalized spacial score (nSPS) is 11.1. The summed E-state index contributed by atoms with van der Waals surface area (Å²) in [7, 11) is 1.63. The Balaban J connectivity index is 0.000000330. The van der Waals surface area contributed by atoms with Crippen LogP contribution in [0.1, 0.15) is 26.3 Å². The molecule has 0 saturated heterocycles. The molecule has 5 nitrogen and oxygen atoms in total. The van der Waals surface area contributed by atoms with Crippen molar-refractivity contribution in [2.75, 3.05) is 7.11 Å². The molecule has 2 rings (SSSR count). The third-order valence-electron chi connectivity index (χ3n) is 4.04. The molecule has 0 aliphatic carbocycles. The maximum atomic E-state index is 12.5. The third-order valence-corrected chi connectivity index (χ3v) is 4.22. The fraction of sp³-hybridized carbons (Fsp3) is 0.200. The topological polar surface area (TPSA) is 51.1 Å². The second-order valence-corrected chi connectivity index (χ2v) is 7.44. The Hall–Kier alpha value is -3.19. The van der Waals surface area contributed by atoms with E-state index in [4.69, 9.17) is 9.47 Å². The van der Waals surface area contributed by atoms with E-state index in [2.05, 4.69) is 34.1 Å². The lowest BCUT2D eigenvalue weighted by molar-refractivity contribution is -0.127. The zero-order valence-electron chi connectivity index (χ0n) is 18.8. The van der Waals surface area contributed by atoms with E-state index in [0.29, 0.717) is 22.8 Å². The SMILES string of the molecule is C=C(Br)/N=C(\C)Oc1ccc(F)cc1.C=C/C=C(\C)N(Cc1ccccc1OC)C(C)=O. The summed E-state index contributed by atoms with van der Waals surface area (Å²) in [5.41, 5.74) is 1.84. The minimum absolute atomic E-state index is 0.00324. The first-order chi connectivity index (χ1) is 15.2. The second-order valence-electron chi connectivity index (χ2n) is 6.52. The molecule has 0 fully saturated rings. The number of nitrogens with zero attached hydrogens (tertiary/aromatic N) is 2. The highest BCUT2D eigenvalue weighted by molar-refractivity contribution is 9.11. The van der Waals surface area contributed by atoms with Gasteiger partial charge in [-0.05, 0) is 59.3 Å². The van der Waals surface area contributed by atoms with Gasteiger partial charge in [-0.1, -0.05) is 37.4 Å². The van der Waals surface area contributed by atoms with Gasteiger partial charge in [-0.3, -0.25) is 4.79 Å². The molecule has 1 amide bonds. The Morgan fingerprint density at radius 3 is 2.31 bits per heavy atom. The molecule has 0 bridgehead atoms. The number of carbonyl (C=O) groups excluding carboxylic acids is 1. The van der Waals surface area contributed by atoms with Crippen LogP contribution in [0.2, 0.25) is 0 Å². The Morgan fingerprint density at radius 2 is 1.78 bits per heavy atom. The van der Waals surface area contributed by atoms with Gasteiger partial charge in [0.05, 0.1) is 13.7 Å². The van der Waals surface area contributed by atoms with Crippen LogP contribution in [0.5, 0.6) is 11.5 Å². The van der Waals surface area contributed by atoms with Gasteiger partial charge in [-0.25, -0.2) is 9.38 Å². The number of amides is 1. The monoisotopic (exact) mass is 502 g/mol. The molecule has 0 aliphatic heterocycles. The number of benzene rings is 2. The van der Waals surface area contributed by atoms with Crippen molar-refractivity contribution < 1.29 is 18.7 Å². The van der Waals surface area contributed by atoms with Gasteiger partial charge in [-0.15, -0.1) is 0 Å². The first kappa shape index (κ1) is 26.8. The van der Waals surface area contributed by atoms with Crippen molar-refractivity contribution in [3.63, 3.8) is 0 Å². The summed E-state index contributed by atoms with van der Waals surface area (Å²) in [6.07, 6.45) is 3.49. The standard InChI is InChI=1S/C15H19NO2.C10H9BrFNO/c1-5-8-12(2)16(13(3)17)11-14-9-6-7-10-15(14)18-4;1-7(11)13-8(2)14-10-5-3-9(12)4-6-10/h5-10H,1,11H2,2-4H3;3-6H,1H2,2H3/b12-8+;13-8+. The summed E-state index contributed by atoms with van der Waals surface area (Å²) in [5.74, 6) is 1.48.